The van der Waals surface area contributed by atoms with E-state index in [0.29, 0.717) is 22.9 Å². The number of carboxylic acid groups (broad SMARTS) is 1. The Bertz CT molecular complexity index is 1330. The third-order valence-electron chi connectivity index (χ3n) is 5.68. The van der Waals surface area contributed by atoms with Crippen LogP contribution in [0.15, 0.2) is 47.5 Å². The SMILES string of the molecule is Cc1ccc(-n2ncc(NCc3ccc(N4CCN(C)CC4)nc3)c(Cl)c2=O)cc1Cl.O=C(O)C(F)(F)F. The summed E-state index contributed by atoms with van der Waals surface area (Å²) in [4.78, 5) is 30.8. The van der Waals surface area contributed by atoms with Crippen LogP contribution in [-0.4, -0.2) is 70.1 Å². The highest BCUT2D eigenvalue weighted by Gasteiger charge is 2.38. The summed E-state index contributed by atoms with van der Waals surface area (Å²) in [5.74, 6) is -1.77. The van der Waals surface area contributed by atoms with Crippen LogP contribution in [0.2, 0.25) is 10.0 Å². The van der Waals surface area contributed by atoms with Crippen molar-refractivity contribution in [2.75, 3.05) is 43.4 Å². The van der Waals surface area contributed by atoms with Crippen molar-refractivity contribution in [1.29, 1.82) is 0 Å². The first kappa shape index (κ1) is 29.2. The fraction of sp³-hybridized carbons (Fsp3) is 0.333. The molecule has 3 heterocycles. The Hall–Kier alpha value is -3.35. The number of hydrogen-bond acceptors (Lipinski definition) is 7. The monoisotopic (exact) mass is 572 g/mol. The second kappa shape index (κ2) is 12.5. The van der Waals surface area contributed by atoms with Gasteiger partial charge in [0.2, 0.25) is 0 Å². The van der Waals surface area contributed by atoms with Crippen LogP contribution in [0.3, 0.4) is 0 Å². The number of rotatable bonds is 5. The van der Waals surface area contributed by atoms with Gasteiger partial charge in [0.1, 0.15) is 10.8 Å². The molecule has 2 aromatic heterocycles. The number of aliphatic carboxylic acids is 1. The fourth-order valence-electron chi connectivity index (χ4n) is 3.39. The topological polar surface area (TPSA) is 104 Å². The number of benzene rings is 1. The first-order valence-corrected chi connectivity index (χ1v) is 12.1. The number of aromatic nitrogens is 3. The smallest absolute Gasteiger partial charge is 0.475 e. The van der Waals surface area contributed by atoms with E-state index >= 15 is 0 Å². The van der Waals surface area contributed by atoms with Gasteiger partial charge in [-0.1, -0.05) is 35.3 Å². The van der Waals surface area contributed by atoms with Gasteiger partial charge in [-0.25, -0.2) is 9.78 Å². The normalized spacial score (nSPS) is 14.0. The van der Waals surface area contributed by atoms with Crippen LogP contribution >= 0.6 is 23.2 Å². The quantitative estimate of drug-likeness (QED) is 0.468. The second-order valence-electron chi connectivity index (χ2n) is 8.49. The predicted molar refractivity (Wildman–Crippen MR) is 140 cm³/mol. The van der Waals surface area contributed by atoms with Crippen LogP contribution in [0.4, 0.5) is 24.7 Å². The van der Waals surface area contributed by atoms with Crippen molar-refractivity contribution in [2.45, 2.75) is 19.6 Å². The molecule has 0 aliphatic carbocycles. The molecule has 0 atom stereocenters. The largest absolute Gasteiger partial charge is 0.490 e. The third-order valence-corrected chi connectivity index (χ3v) is 6.45. The van der Waals surface area contributed by atoms with Gasteiger partial charge >= 0.3 is 12.1 Å². The number of halogens is 5. The van der Waals surface area contributed by atoms with E-state index in [1.165, 1.54) is 4.68 Å². The molecule has 0 amide bonds. The summed E-state index contributed by atoms with van der Waals surface area (Å²) in [5, 5.41) is 15.2. The molecule has 1 aromatic carbocycles. The number of nitrogens with one attached hydrogen (secondary N) is 1. The van der Waals surface area contributed by atoms with E-state index in [0.717, 1.165) is 43.1 Å². The molecule has 1 aliphatic rings. The van der Waals surface area contributed by atoms with Gasteiger partial charge in [0.05, 0.1) is 17.6 Å². The maximum Gasteiger partial charge on any atom is 0.490 e. The number of alkyl halides is 3. The number of anilines is 2. The number of carbonyl (C=O) groups is 1. The van der Waals surface area contributed by atoms with Crippen molar-refractivity contribution in [3.8, 4) is 5.69 Å². The van der Waals surface area contributed by atoms with Crippen LogP contribution < -0.4 is 15.8 Å². The van der Waals surface area contributed by atoms with Gasteiger partial charge in [-0.15, -0.1) is 0 Å². The van der Waals surface area contributed by atoms with E-state index < -0.39 is 17.7 Å². The van der Waals surface area contributed by atoms with E-state index in [4.69, 9.17) is 33.1 Å². The van der Waals surface area contributed by atoms with Crippen molar-refractivity contribution >= 4 is 40.7 Å². The highest BCUT2D eigenvalue weighted by molar-refractivity contribution is 6.33. The Labute approximate surface area is 226 Å². The number of likely N-dealkylation sites (N-methyl/N-ethyl adjacent to an activating group) is 1. The third kappa shape index (κ3) is 7.59. The van der Waals surface area contributed by atoms with Crippen LogP contribution in [0.25, 0.3) is 5.69 Å². The van der Waals surface area contributed by atoms with Crippen molar-refractivity contribution in [2.24, 2.45) is 0 Å². The van der Waals surface area contributed by atoms with Gasteiger partial charge in [-0.3, -0.25) is 4.79 Å². The molecule has 4 rings (SSSR count). The van der Waals surface area contributed by atoms with Crippen LogP contribution in [-0.2, 0) is 11.3 Å². The molecule has 14 heteroatoms. The zero-order chi connectivity index (χ0) is 28.0. The molecule has 1 fully saturated rings. The van der Waals surface area contributed by atoms with Crippen molar-refractivity contribution in [1.82, 2.24) is 19.7 Å². The van der Waals surface area contributed by atoms with E-state index in [1.807, 2.05) is 31.3 Å². The van der Waals surface area contributed by atoms with E-state index in [-0.39, 0.29) is 5.02 Å². The lowest BCUT2D eigenvalue weighted by Gasteiger charge is -2.33. The average Bonchev–Trinajstić information content (AvgIpc) is 2.87. The maximum absolute atomic E-state index is 12.7. The summed E-state index contributed by atoms with van der Waals surface area (Å²) in [6.07, 6.45) is -1.69. The Morgan fingerprint density at radius 2 is 1.76 bits per heavy atom. The second-order valence-corrected chi connectivity index (χ2v) is 9.28. The summed E-state index contributed by atoms with van der Waals surface area (Å²) in [5.41, 5.74) is 2.55. The van der Waals surface area contributed by atoms with Gasteiger partial charge < -0.3 is 20.2 Å². The number of aryl methyl sites for hydroxylation is 1. The predicted octanol–water partition coefficient (Wildman–Crippen LogP) is 4.24. The zero-order valence-electron chi connectivity index (χ0n) is 20.5. The molecule has 9 nitrogen and oxygen atoms in total. The van der Waals surface area contributed by atoms with Crippen molar-refractivity contribution < 1.29 is 23.1 Å². The molecule has 3 aromatic rings. The van der Waals surface area contributed by atoms with Gasteiger partial charge in [-0.05, 0) is 43.3 Å². The molecule has 0 spiro atoms. The molecule has 0 radical (unpaired) electrons. The highest BCUT2D eigenvalue weighted by atomic mass is 35.5. The Morgan fingerprint density at radius 3 is 2.32 bits per heavy atom. The van der Waals surface area contributed by atoms with Gasteiger partial charge in [0, 0.05) is 43.9 Å². The molecule has 1 aliphatic heterocycles. The number of piperazine rings is 1. The highest BCUT2D eigenvalue weighted by Crippen LogP contribution is 2.21. The van der Waals surface area contributed by atoms with Gasteiger partial charge in [0.15, 0.2) is 0 Å². The number of nitrogens with zero attached hydrogens (tertiary/aromatic N) is 5. The molecule has 1 saturated heterocycles. The maximum atomic E-state index is 12.7. The molecule has 2 N–H and O–H groups in total. The molecule has 204 valence electrons. The Kier molecular flexibility index (Phi) is 9.58. The van der Waals surface area contributed by atoms with Gasteiger partial charge in [0.25, 0.3) is 5.56 Å². The summed E-state index contributed by atoms with van der Waals surface area (Å²) in [7, 11) is 2.13. The number of carboxylic acids is 1. The Balaban J connectivity index is 0.000000505. The van der Waals surface area contributed by atoms with Crippen molar-refractivity contribution in [3.63, 3.8) is 0 Å². The first-order valence-electron chi connectivity index (χ1n) is 11.3. The molecule has 0 saturated carbocycles. The molecule has 0 bridgehead atoms. The lowest BCUT2D eigenvalue weighted by atomic mass is 10.2. The summed E-state index contributed by atoms with van der Waals surface area (Å²) in [6, 6.07) is 9.38. The van der Waals surface area contributed by atoms with E-state index in [9.17, 15) is 18.0 Å². The van der Waals surface area contributed by atoms with Crippen LogP contribution in [0.5, 0.6) is 0 Å². The van der Waals surface area contributed by atoms with E-state index in [2.05, 4.69) is 32.2 Å². The Morgan fingerprint density at radius 1 is 1.11 bits per heavy atom. The minimum Gasteiger partial charge on any atom is -0.475 e. The summed E-state index contributed by atoms with van der Waals surface area (Å²) < 4.78 is 33.0. The van der Waals surface area contributed by atoms with Crippen molar-refractivity contribution in [3.05, 3.63) is 74.3 Å². The lowest BCUT2D eigenvalue weighted by molar-refractivity contribution is -0.192. The first-order chi connectivity index (χ1) is 17.9. The fourth-order valence-corrected chi connectivity index (χ4v) is 3.77. The summed E-state index contributed by atoms with van der Waals surface area (Å²) in [6.45, 7) is 6.41. The minimum absolute atomic E-state index is 0.0775. The minimum atomic E-state index is -5.08. The molecular formula is C24H25Cl2F3N6O3. The molecular weight excluding hydrogens is 548 g/mol. The zero-order valence-corrected chi connectivity index (χ0v) is 22.0. The lowest BCUT2D eigenvalue weighted by Crippen LogP contribution is -2.44. The molecule has 38 heavy (non-hydrogen) atoms. The average molecular weight is 573 g/mol. The number of hydrogen-bond donors (Lipinski definition) is 2. The number of pyridine rings is 1. The van der Waals surface area contributed by atoms with Crippen LogP contribution in [0.1, 0.15) is 11.1 Å². The standard InChI is InChI=1S/C22H24Cl2N6O.C2HF3O2/c1-15-3-5-17(11-18(15)23)30-22(31)21(24)19(14-27-30)25-12-16-4-6-20(26-13-16)29-9-7-28(2)8-10-29;3-2(4,5)1(6)7/h3-6,11,13-14,25H,7-10,12H2,1-2H3;(H,6,7). The van der Waals surface area contributed by atoms with E-state index in [1.54, 1.807) is 18.3 Å². The van der Waals surface area contributed by atoms with Crippen LogP contribution in [0, 0.1) is 6.92 Å². The van der Waals surface area contributed by atoms with Gasteiger partial charge in [-0.2, -0.15) is 23.0 Å². The summed E-state index contributed by atoms with van der Waals surface area (Å²) >= 11 is 12.5. The molecule has 0 unspecified atom stereocenters.